The second-order valence-electron chi connectivity index (χ2n) is 5.85. The number of methoxy groups -OCH3 is 2. The number of fused-ring (bicyclic) bond motifs is 1. The molecule has 26 heavy (non-hydrogen) atoms. The fourth-order valence-electron chi connectivity index (χ4n) is 3.32. The fourth-order valence-corrected chi connectivity index (χ4v) is 3.32. The first-order chi connectivity index (χ1) is 11.3. The van der Waals surface area contributed by atoms with Crippen LogP contribution in [0.25, 0.3) is 11.0 Å². The van der Waals surface area contributed by atoms with E-state index in [1.807, 2.05) is 0 Å². The number of nitrogen functional groups attached to an aromatic ring is 1. The minimum atomic E-state index is -0.909. The van der Waals surface area contributed by atoms with Gasteiger partial charge in [0.25, 0.3) is 5.69 Å². The van der Waals surface area contributed by atoms with Gasteiger partial charge in [0.2, 0.25) is 0 Å². The molecule has 1 saturated heterocycles. The van der Waals surface area contributed by atoms with Crippen molar-refractivity contribution in [3.8, 4) is 0 Å². The van der Waals surface area contributed by atoms with Crippen molar-refractivity contribution in [1.82, 2.24) is 9.55 Å². The van der Waals surface area contributed by atoms with E-state index >= 15 is 0 Å². The molecule has 139 valence electrons. The summed E-state index contributed by atoms with van der Waals surface area (Å²) >= 11 is 0. The van der Waals surface area contributed by atoms with E-state index < -0.39 is 29.0 Å². The number of aromatic nitrogens is 2. The number of hydrogen-bond acceptors (Lipinski definition) is 7. The van der Waals surface area contributed by atoms with Crippen LogP contribution in [0.3, 0.4) is 0 Å². The van der Waals surface area contributed by atoms with Crippen molar-refractivity contribution in [2.45, 2.75) is 31.0 Å². The van der Waals surface area contributed by atoms with Crippen LogP contribution < -0.4 is 5.73 Å². The van der Waals surface area contributed by atoms with Crippen LogP contribution in [0.1, 0.15) is 13.2 Å². The van der Waals surface area contributed by atoms with Gasteiger partial charge in [0.05, 0.1) is 22.9 Å². The average Bonchev–Trinajstić information content (AvgIpc) is 3.04. The predicted octanol–water partition coefficient (Wildman–Crippen LogP) is 1.67. The predicted molar refractivity (Wildman–Crippen MR) is 86.3 cm³/mol. The summed E-state index contributed by atoms with van der Waals surface area (Å²) in [5.74, 6) is 0. The van der Waals surface area contributed by atoms with Crippen molar-refractivity contribution in [3.05, 3.63) is 35.5 Å². The molecule has 4 atom stereocenters. The van der Waals surface area contributed by atoms with E-state index in [4.69, 9.17) is 19.9 Å². The number of rotatable bonds is 4. The molecule has 0 saturated carbocycles. The summed E-state index contributed by atoms with van der Waals surface area (Å²) in [5.41, 5.74) is 5.49. The zero-order valence-corrected chi connectivity index (χ0v) is 20.4. The van der Waals surface area contributed by atoms with Gasteiger partial charge >= 0.3 is 0 Å². The van der Waals surface area contributed by atoms with Gasteiger partial charge in [-0.25, -0.2) is 4.98 Å². The molecule has 11 heteroatoms. The Morgan fingerprint density at radius 2 is 2.15 bits per heavy atom. The molecule has 0 amide bonds. The molecule has 0 spiro atoms. The van der Waals surface area contributed by atoms with E-state index in [1.54, 1.807) is 11.5 Å². The number of pyridine rings is 1. The van der Waals surface area contributed by atoms with Crippen LogP contribution in [0, 0.1) is 17.0 Å². The molecule has 2 aromatic rings. The Morgan fingerprint density at radius 1 is 1.50 bits per heavy atom. The van der Waals surface area contributed by atoms with Gasteiger partial charge < -0.3 is 26.9 Å². The van der Waals surface area contributed by atoms with E-state index in [1.165, 1.54) is 32.7 Å². The summed E-state index contributed by atoms with van der Waals surface area (Å²) in [6.07, 6.45) is 1.18. The molecule has 2 aromatic heterocycles. The van der Waals surface area contributed by atoms with Crippen LogP contribution in [-0.2, 0) is 68.0 Å². The van der Waals surface area contributed by atoms with Gasteiger partial charge in [-0.3, -0.25) is 14.7 Å². The van der Waals surface area contributed by atoms with Crippen LogP contribution in [-0.4, -0.2) is 46.5 Å². The van der Waals surface area contributed by atoms with Crippen LogP contribution in [0.4, 0.5) is 11.4 Å². The van der Waals surface area contributed by atoms with Gasteiger partial charge in [-0.05, 0) is 19.1 Å². The van der Waals surface area contributed by atoms with Crippen LogP contribution in [0.2, 0.25) is 0 Å². The van der Waals surface area contributed by atoms with Crippen LogP contribution in [0.15, 0.2) is 18.5 Å². The topological polar surface area (TPSA) is 115 Å². The van der Waals surface area contributed by atoms with E-state index in [2.05, 4.69) is 11.9 Å². The maximum absolute atomic E-state index is 11.4. The Hall–Kier alpha value is -0.438. The largest absolute Gasteiger partial charge is 0.398 e. The van der Waals surface area contributed by atoms with Crippen molar-refractivity contribution in [2.24, 2.45) is 0 Å². The number of nitrogens with two attached hydrogens (primary N) is 1. The molecule has 0 bridgehead atoms. The molecule has 3 unspecified atom stereocenters. The maximum atomic E-state index is 11.4. The first kappa shape index (κ1) is 23.6. The SMILES string of the molecule is [CH2-]C1OC(n2cc([N+](=O)[O-])c3c(N)ccnc32)[C@](C)(OC)C1OC.[W].[Y]. The van der Waals surface area contributed by atoms with Crippen molar-refractivity contribution in [1.29, 1.82) is 0 Å². The summed E-state index contributed by atoms with van der Waals surface area (Å²) in [7, 11) is 3.07. The standard InChI is InChI=1S/C15H19N4O5.W.Y/c1-8-12(22-3)15(2,23-4)14(24-8)18-7-10(19(20)21)11-9(16)5-6-17-13(11)18;;/h5-8,12,14H,1H2,2-4H3,(H2,16,17);;/q-1;;/t8?,12?,14?,15-;;/m1../s1. The van der Waals surface area contributed by atoms with Crippen molar-refractivity contribution >= 4 is 22.4 Å². The normalized spacial score (nSPS) is 27.8. The van der Waals surface area contributed by atoms with Crippen molar-refractivity contribution in [2.75, 3.05) is 20.0 Å². The average molecular weight is 608 g/mol. The summed E-state index contributed by atoms with van der Waals surface area (Å²) in [6, 6.07) is 1.52. The zero-order chi connectivity index (χ0) is 17.6. The third kappa shape index (κ3) is 3.50. The molecular formula is C15H19N4O5WY-. The molecule has 1 fully saturated rings. The van der Waals surface area contributed by atoms with E-state index in [0.717, 1.165) is 0 Å². The third-order valence-corrected chi connectivity index (χ3v) is 4.57. The molecule has 1 aliphatic heterocycles. The van der Waals surface area contributed by atoms with Crippen LogP contribution in [0.5, 0.6) is 0 Å². The number of hydrogen-bond donors (Lipinski definition) is 1. The Morgan fingerprint density at radius 3 is 2.69 bits per heavy atom. The summed E-state index contributed by atoms with van der Waals surface area (Å²) in [5, 5.41) is 11.7. The molecular weight excluding hydrogens is 589 g/mol. The number of anilines is 1. The Balaban J connectivity index is 0.00000169. The fraction of sp³-hybridized carbons (Fsp3) is 0.467. The van der Waals surface area contributed by atoms with Gasteiger partial charge in [-0.15, -0.1) is 0 Å². The monoisotopic (exact) mass is 608 g/mol. The zero-order valence-electron chi connectivity index (χ0n) is 14.6. The van der Waals surface area contributed by atoms with Gasteiger partial charge in [-0.1, -0.05) is 0 Å². The van der Waals surface area contributed by atoms with Gasteiger partial charge in [0.1, 0.15) is 11.0 Å². The minimum Gasteiger partial charge on any atom is -0.398 e. The molecule has 0 aromatic carbocycles. The minimum absolute atomic E-state index is 0. The quantitative estimate of drug-likeness (QED) is 0.320. The molecule has 1 aliphatic rings. The summed E-state index contributed by atoms with van der Waals surface area (Å²) in [6.45, 7) is 5.74. The second-order valence-corrected chi connectivity index (χ2v) is 5.85. The molecule has 1 radical (unpaired) electrons. The van der Waals surface area contributed by atoms with E-state index in [0.29, 0.717) is 5.65 Å². The van der Waals surface area contributed by atoms with E-state index in [9.17, 15) is 10.1 Å². The van der Waals surface area contributed by atoms with E-state index in [-0.39, 0.29) is 70.5 Å². The Labute approximate surface area is 190 Å². The van der Waals surface area contributed by atoms with Gasteiger partial charge in [0, 0.05) is 74.2 Å². The Kier molecular flexibility index (Phi) is 7.91. The molecule has 0 aliphatic carbocycles. The van der Waals surface area contributed by atoms with Gasteiger partial charge in [0.15, 0.2) is 11.9 Å². The van der Waals surface area contributed by atoms with Gasteiger partial charge in [-0.2, -0.15) is 0 Å². The van der Waals surface area contributed by atoms with Crippen LogP contribution >= 0.6 is 0 Å². The third-order valence-electron chi connectivity index (χ3n) is 4.57. The first-order valence-electron chi connectivity index (χ1n) is 7.31. The Bertz CT molecular complexity index is 804. The number of nitro groups is 1. The van der Waals surface area contributed by atoms with Crippen molar-refractivity contribution < 1.29 is 72.9 Å². The molecule has 3 rings (SSSR count). The maximum Gasteiger partial charge on any atom is 0.298 e. The second kappa shape index (κ2) is 8.71. The number of ether oxygens (including phenoxy) is 3. The summed E-state index contributed by atoms with van der Waals surface area (Å²) in [4.78, 5) is 15.2. The molecule has 9 nitrogen and oxygen atoms in total. The number of nitrogens with zero attached hydrogens (tertiary/aromatic N) is 3. The first-order valence-corrected chi connectivity index (χ1v) is 7.31. The molecule has 2 N–H and O–H groups in total. The van der Waals surface area contributed by atoms with Crippen molar-refractivity contribution in [3.63, 3.8) is 0 Å². The molecule has 3 heterocycles. The smallest absolute Gasteiger partial charge is 0.298 e. The summed E-state index contributed by atoms with van der Waals surface area (Å²) < 4.78 is 18.6.